The standard InChI is InChI=1S/C25H29NO2S2/c27-18-23-24(15-13-21-10-5-2-6-11-21)30-25(26-23)16-14-22(28)19-29-17-7-12-20-8-3-1-4-9-20/h1-6,8-11,27H,7,12-19H2. The van der Waals surface area contributed by atoms with E-state index < -0.39 is 0 Å². The van der Waals surface area contributed by atoms with Gasteiger partial charge in [-0.25, -0.2) is 4.98 Å². The highest BCUT2D eigenvalue weighted by Gasteiger charge is 2.12. The van der Waals surface area contributed by atoms with Gasteiger partial charge in [0.15, 0.2) is 0 Å². The van der Waals surface area contributed by atoms with Crippen molar-refractivity contribution in [3.8, 4) is 0 Å². The summed E-state index contributed by atoms with van der Waals surface area (Å²) in [6.07, 6.45) is 5.18. The maximum atomic E-state index is 12.2. The fraction of sp³-hybridized carbons (Fsp3) is 0.360. The fourth-order valence-corrected chi connectivity index (χ4v) is 5.23. The number of hydrogen-bond donors (Lipinski definition) is 1. The number of nitrogens with zero attached hydrogens (tertiary/aromatic N) is 1. The first-order valence-corrected chi connectivity index (χ1v) is 12.5. The van der Waals surface area contributed by atoms with Crippen LogP contribution >= 0.6 is 23.1 Å². The zero-order valence-corrected chi connectivity index (χ0v) is 18.9. The summed E-state index contributed by atoms with van der Waals surface area (Å²) in [6.45, 7) is -0.0359. The second-order valence-corrected chi connectivity index (χ2v) is 9.57. The van der Waals surface area contributed by atoms with Gasteiger partial charge in [0.25, 0.3) is 0 Å². The molecule has 1 heterocycles. The van der Waals surface area contributed by atoms with Crippen molar-refractivity contribution in [2.75, 3.05) is 11.5 Å². The summed E-state index contributed by atoms with van der Waals surface area (Å²) in [5.41, 5.74) is 3.42. The Hall–Kier alpha value is -1.95. The molecule has 0 aliphatic rings. The van der Waals surface area contributed by atoms with Gasteiger partial charge in [-0.1, -0.05) is 60.7 Å². The van der Waals surface area contributed by atoms with Crippen LogP contribution in [0.4, 0.5) is 0 Å². The van der Waals surface area contributed by atoms with Gasteiger partial charge in [0.2, 0.25) is 0 Å². The molecule has 0 fully saturated rings. The summed E-state index contributed by atoms with van der Waals surface area (Å²) >= 11 is 3.37. The van der Waals surface area contributed by atoms with Crippen molar-refractivity contribution < 1.29 is 9.90 Å². The molecule has 1 aromatic heterocycles. The Morgan fingerprint density at radius 3 is 2.23 bits per heavy atom. The number of carbonyl (C=O) groups is 1. The van der Waals surface area contributed by atoms with Gasteiger partial charge in [0.1, 0.15) is 5.78 Å². The molecule has 0 aliphatic carbocycles. The van der Waals surface area contributed by atoms with Crippen molar-refractivity contribution in [1.82, 2.24) is 4.98 Å². The van der Waals surface area contributed by atoms with E-state index in [1.165, 1.54) is 11.1 Å². The minimum atomic E-state index is -0.0359. The highest BCUT2D eigenvalue weighted by molar-refractivity contribution is 7.99. The number of hydrogen-bond acceptors (Lipinski definition) is 5. The van der Waals surface area contributed by atoms with E-state index in [1.807, 2.05) is 24.3 Å². The Balaban J connectivity index is 1.36. The van der Waals surface area contributed by atoms with Crippen LogP contribution in [0, 0.1) is 0 Å². The van der Waals surface area contributed by atoms with E-state index >= 15 is 0 Å². The third-order valence-corrected chi connectivity index (χ3v) is 7.25. The Labute approximate surface area is 187 Å². The molecule has 3 rings (SSSR count). The molecule has 3 nitrogen and oxygen atoms in total. The minimum Gasteiger partial charge on any atom is -0.390 e. The van der Waals surface area contributed by atoms with Gasteiger partial charge < -0.3 is 5.11 Å². The van der Waals surface area contributed by atoms with Gasteiger partial charge >= 0.3 is 0 Å². The molecule has 0 bridgehead atoms. The van der Waals surface area contributed by atoms with Crippen LogP contribution in [0.3, 0.4) is 0 Å². The number of aliphatic hydroxyl groups is 1. The molecule has 0 unspecified atom stereocenters. The summed E-state index contributed by atoms with van der Waals surface area (Å²) in [4.78, 5) is 17.9. The van der Waals surface area contributed by atoms with Crippen molar-refractivity contribution >= 4 is 28.9 Å². The molecule has 0 spiro atoms. The number of thiazole rings is 1. The Bertz CT molecular complexity index is 894. The molecule has 0 aliphatic heterocycles. The lowest BCUT2D eigenvalue weighted by Gasteiger charge is -2.02. The van der Waals surface area contributed by atoms with Crippen LogP contribution in [-0.4, -0.2) is 27.4 Å². The van der Waals surface area contributed by atoms with Gasteiger partial charge in [-0.2, -0.15) is 11.8 Å². The lowest BCUT2D eigenvalue weighted by Crippen LogP contribution is -2.04. The number of aromatic nitrogens is 1. The number of aryl methyl sites for hydroxylation is 4. The second kappa shape index (κ2) is 12.7. The van der Waals surface area contributed by atoms with Crippen LogP contribution in [0.5, 0.6) is 0 Å². The Morgan fingerprint density at radius 2 is 1.57 bits per heavy atom. The molecule has 0 atom stereocenters. The Morgan fingerprint density at radius 1 is 0.900 bits per heavy atom. The second-order valence-electron chi connectivity index (χ2n) is 7.30. The minimum absolute atomic E-state index is 0.0359. The van der Waals surface area contributed by atoms with Gasteiger partial charge in [-0.15, -0.1) is 11.3 Å². The zero-order chi connectivity index (χ0) is 21.0. The maximum absolute atomic E-state index is 12.2. The molecular weight excluding hydrogens is 410 g/mol. The SMILES string of the molecule is O=C(CCc1nc(CO)c(CCc2ccccc2)s1)CSCCCc1ccccc1. The molecule has 0 saturated carbocycles. The fourth-order valence-electron chi connectivity index (χ4n) is 3.29. The van der Waals surface area contributed by atoms with Crippen molar-refractivity contribution in [1.29, 1.82) is 0 Å². The van der Waals surface area contributed by atoms with Crippen LogP contribution in [-0.2, 0) is 37.1 Å². The largest absolute Gasteiger partial charge is 0.390 e. The molecule has 0 amide bonds. The molecule has 2 aromatic carbocycles. The van der Waals surface area contributed by atoms with Gasteiger partial charge in [0, 0.05) is 17.7 Å². The summed E-state index contributed by atoms with van der Waals surface area (Å²) in [7, 11) is 0. The third kappa shape index (κ3) is 7.71. The molecule has 0 saturated heterocycles. The smallest absolute Gasteiger partial charge is 0.143 e. The summed E-state index contributed by atoms with van der Waals surface area (Å²) in [6, 6.07) is 20.8. The first kappa shape index (κ1) is 22.7. The summed E-state index contributed by atoms with van der Waals surface area (Å²) in [5.74, 6) is 1.87. The molecule has 0 radical (unpaired) electrons. The van der Waals surface area contributed by atoms with E-state index in [0.717, 1.165) is 47.0 Å². The maximum Gasteiger partial charge on any atom is 0.143 e. The topological polar surface area (TPSA) is 50.2 Å². The zero-order valence-electron chi connectivity index (χ0n) is 17.3. The molecule has 158 valence electrons. The lowest BCUT2D eigenvalue weighted by molar-refractivity contribution is -0.116. The highest BCUT2D eigenvalue weighted by Crippen LogP contribution is 2.22. The number of carbonyl (C=O) groups excluding carboxylic acids is 1. The van der Waals surface area contributed by atoms with Gasteiger partial charge in [-0.3, -0.25) is 4.79 Å². The average molecular weight is 440 g/mol. The summed E-state index contributed by atoms with van der Waals surface area (Å²) < 4.78 is 0. The Kier molecular flexibility index (Phi) is 9.61. The predicted molar refractivity (Wildman–Crippen MR) is 127 cm³/mol. The summed E-state index contributed by atoms with van der Waals surface area (Å²) in [5, 5.41) is 10.6. The number of ketones is 1. The molecular formula is C25H29NO2S2. The molecule has 3 aromatic rings. The van der Waals surface area contributed by atoms with Crippen LogP contribution in [0.2, 0.25) is 0 Å². The van der Waals surface area contributed by atoms with E-state index in [2.05, 4.69) is 41.4 Å². The predicted octanol–water partition coefficient (Wildman–Crippen LogP) is 5.29. The number of thioether (sulfide) groups is 1. The van der Waals surface area contributed by atoms with Crippen LogP contribution in [0.25, 0.3) is 0 Å². The number of aliphatic hydroxyl groups excluding tert-OH is 1. The van der Waals surface area contributed by atoms with E-state index in [9.17, 15) is 9.90 Å². The molecule has 1 N–H and O–H groups in total. The van der Waals surface area contributed by atoms with E-state index in [1.54, 1.807) is 23.1 Å². The number of rotatable bonds is 13. The number of Topliss-reactive ketones (excluding diaryl/α,β-unsaturated/α-hetero) is 1. The lowest BCUT2D eigenvalue weighted by atomic mass is 10.1. The normalized spacial score (nSPS) is 11.0. The molecule has 30 heavy (non-hydrogen) atoms. The van der Waals surface area contributed by atoms with Crippen LogP contribution in [0.1, 0.15) is 39.5 Å². The third-order valence-electron chi connectivity index (χ3n) is 4.93. The first-order valence-electron chi connectivity index (χ1n) is 10.5. The van der Waals surface area contributed by atoms with Crippen molar-refractivity contribution in [2.24, 2.45) is 0 Å². The monoisotopic (exact) mass is 439 g/mol. The quantitative estimate of drug-likeness (QED) is 0.368. The van der Waals surface area contributed by atoms with Gasteiger partial charge in [-0.05, 0) is 42.6 Å². The first-order chi connectivity index (χ1) is 14.7. The van der Waals surface area contributed by atoms with Gasteiger partial charge in [0.05, 0.1) is 23.1 Å². The van der Waals surface area contributed by atoms with Crippen molar-refractivity contribution in [3.05, 3.63) is 87.4 Å². The van der Waals surface area contributed by atoms with E-state index in [-0.39, 0.29) is 12.4 Å². The number of benzene rings is 2. The van der Waals surface area contributed by atoms with Crippen molar-refractivity contribution in [2.45, 2.75) is 45.1 Å². The van der Waals surface area contributed by atoms with Crippen LogP contribution in [0.15, 0.2) is 60.7 Å². The average Bonchev–Trinajstić information content (AvgIpc) is 3.19. The van der Waals surface area contributed by atoms with Crippen molar-refractivity contribution in [3.63, 3.8) is 0 Å². The molecule has 5 heteroatoms. The highest BCUT2D eigenvalue weighted by atomic mass is 32.2. The van der Waals surface area contributed by atoms with E-state index in [0.29, 0.717) is 18.6 Å². The van der Waals surface area contributed by atoms with Crippen LogP contribution < -0.4 is 0 Å². The van der Waals surface area contributed by atoms with E-state index in [4.69, 9.17) is 0 Å².